The lowest BCUT2D eigenvalue weighted by Gasteiger charge is -2.06. The van der Waals surface area contributed by atoms with Crippen molar-refractivity contribution in [2.45, 2.75) is 6.92 Å². The first-order valence-electron chi connectivity index (χ1n) is 4.86. The third kappa shape index (κ3) is 1.67. The molecule has 0 aliphatic heterocycles. The van der Waals surface area contributed by atoms with E-state index in [1.807, 2.05) is 25.1 Å². The van der Waals surface area contributed by atoms with Crippen LogP contribution < -0.4 is 16.3 Å². The summed E-state index contributed by atoms with van der Waals surface area (Å²) in [5.41, 5.74) is 8.32. The number of nitrogens with two attached hydrogens (primary N) is 2. The Labute approximate surface area is 93.6 Å². The fourth-order valence-corrected chi connectivity index (χ4v) is 1.56. The van der Waals surface area contributed by atoms with Crippen molar-refractivity contribution < 1.29 is 4.74 Å². The number of imidazole rings is 1. The Bertz CT molecular complexity index is 499. The van der Waals surface area contributed by atoms with Crippen LogP contribution >= 0.6 is 0 Å². The van der Waals surface area contributed by atoms with Crippen molar-refractivity contribution >= 4 is 5.95 Å². The molecule has 84 valence electrons. The van der Waals surface area contributed by atoms with E-state index in [0.29, 0.717) is 5.69 Å². The highest BCUT2D eigenvalue weighted by Gasteiger charge is 2.10. The van der Waals surface area contributed by atoms with Gasteiger partial charge in [-0.25, -0.2) is 9.66 Å². The van der Waals surface area contributed by atoms with E-state index < -0.39 is 0 Å². The Balaban J connectivity index is 2.57. The summed E-state index contributed by atoms with van der Waals surface area (Å²) in [7, 11) is 1.62. The molecule has 5 nitrogen and oxygen atoms in total. The first-order chi connectivity index (χ1) is 7.61. The van der Waals surface area contributed by atoms with Crippen LogP contribution in [0.25, 0.3) is 11.3 Å². The van der Waals surface area contributed by atoms with E-state index in [9.17, 15) is 0 Å². The maximum Gasteiger partial charge on any atom is 0.219 e. The summed E-state index contributed by atoms with van der Waals surface area (Å²) in [5.74, 6) is 6.63. The fraction of sp³-hybridized carbons (Fsp3) is 0.182. The van der Waals surface area contributed by atoms with Gasteiger partial charge < -0.3 is 16.3 Å². The molecule has 0 fully saturated rings. The summed E-state index contributed by atoms with van der Waals surface area (Å²) in [6.07, 6.45) is 1.67. The molecule has 0 aliphatic carbocycles. The Morgan fingerprint density at radius 3 is 2.69 bits per heavy atom. The van der Waals surface area contributed by atoms with Crippen LogP contribution in [-0.4, -0.2) is 16.8 Å². The molecule has 1 heterocycles. The first kappa shape index (κ1) is 10.4. The SMILES string of the molecule is COc1ccc(C)cc1-c1cn(N)c(N)n1. The van der Waals surface area contributed by atoms with Gasteiger partial charge in [-0.15, -0.1) is 0 Å². The Kier molecular flexibility index (Phi) is 2.44. The molecule has 0 amide bonds. The average Bonchev–Trinajstić information content (AvgIpc) is 2.59. The smallest absolute Gasteiger partial charge is 0.219 e. The zero-order valence-electron chi connectivity index (χ0n) is 9.27. The lowest BCUT2D eigenvalue weighted by atomic mass is 10.1. The molecule has 0 bridgehead atoms. The molecule has 16 heavy (non-hydrogen) atoms. The molecule has 0 radical (unpaired) electrons. The summed E-state index contributed by atoms with van der Waals surface area (Å²) < 4.78 is 6.56. The Hall–Kier alpha value is -2.17. The second-order valence-electron chi connectivity index (χ2n) is 3.60. The van der Waals surface area contributed by atoms with Gasteiger partial charge in [0.2, 0.25) is 5.95 Å². The Morgan fingerprint density at radius 1 is 1.38 bits per heavy atom. The highest BCUT2D eigenvalue weighted by molar-refractivity contribution is 5.68. The third-order valence-corrected chi connectivity index (χ3v) is 2.39. The predicted octanol–water partition coefficient (Wildman–Crippen LogP) is 1.16. The molecule has 0 saturated heterocycles. The summed E-state index contributed by atoms with van der Waals surface area (Å²) >= 11 is 0. The van der Waals surface area contributed by atoms with Crippen LogP contribution in [0.1, 0.15) is 5.56 Å². The van der Waals surface area contributed by atoms with Crippen LogP contribution in [0.2, 0.25) is 0 Å². The van der Waals surface area contributed by atoms with E-state index in [0.717, 1.165) is 16.9 Å². The van der Waals surface area contributed by atoms with Crippen LogP contribution in [-0.2, 0) is 0 Å². The fourth-order valence-electron chi connectivity index (χ4n) is 1.56. The number of aromatic nitrogens is 2. The number of benzene rings is 1. The molecule has 1 aromatic heterocycles. The molecule has 2 aromatic rings. The predicted molar refractivity (Wildman–Crippen MR) is 63.5 cm³/mol. The molecule has 0 saturated carbocycles. The molecular weight excluding hydrogens is 204 g/mol. The lowest BCUT2D eigenvalue weighted by molar-refractivity contribution is 0.416. The molecule has 4 N–H and O–H groups in total. The van der Waals surface area contributed by atoms with E-state index in [2.05, 4.69) is 4.98 Å². The molecule has 0 spiro atoms. The second kappa shape index (κ2) is 3.77. The van der Waals surface area contributed by atoms with Gasteiger partial charge in [-0.05, 0) is 19.1 Å². The maximum atomic E-state index is 5.60. The summed E-state index contributed by atoms with van der Waals surface area (Å²) in [6.45, 7) is 2.01. The number of hydrogen-bond acceptors (Lipinski definition) is 4. The van der Waals surface area contributed by atoms with Crippen LogP contribution in [0.15, 0.2) is 24.4 Å². The number of anilines is 1. The normalized spacial score (nSPS) is 10.4. The monoisotopic (exact) mass is 218 g/mol. The number of rotatable bonds is 2. The molecule has 0 unspecified atom stereocenters. The van der Waals surface area contributed by atoms with Crippen LogP contribution in [0.3, 0.4) is 0 Å². The summed E-state index contributed by atoms with van der Waals surface area (Å²) in [5, 5.41) is 0. The van der Waals surface area contributed by atoms with Crippen molar-refractivity contribution in [1.82, 2.24) is 9.66 Å². The zero-order chi connectivity index (χ0) is 11.7. The van der Waals surface area contributed by atoms with Gasteiger partial charge in [0.25, 0.3) is 0 Å². The minimum Gasteiger partial charge on any atom is -0.496 e. The quantitative estimate of drug-likeness (QED) is 0.741. The molecule has 1 aromatic carbocycles. The van der Waals surface area contributed by atoms with Gasteiger partial charge in [-0.1, -0.05) is 11.6 Å². The van der Waals surface area contributed by atoms with Crippen molar-refractivity contribution in [2.24, 2.45) is 0 Å². The third-order valence-electron chi connectivity index (χ3n) is 2.39. The van der Waals surface area contributed by atoms with Gasteiger partial charge in [0.1, 0.15) is 5.75 Å². The van der Waals surface area contributed by atoms with Gasteiger partial charge in [-0.2, -0.15) is 0 Å². The van der Waals surface area contributed by atoms with E-state index in [-0.39, 0.29) is 5.95 Å². The largest absolute Gasteiger partial charge is 0.496 e. The van der Waals surface area contributed by atoms with E-state index in [1.54, 1.807) is 13.3 Å². The number of ether oxygens (including phenoxy) is 1. The lowest BCUT2D eigenvalue weighted by Crippen LogP contribution is -2.09. The highest BCUT2D eigenvalue weighted by atomic mass is 16.5. The van der Waals surface area contributed by atoms with Crippen molar-refractivity contribution in [1.29, 1.82) is 0 Å². The van der Waals surface area contributed by atoms with E-state index in [1.165, 1.54) is 4.68 Å². The van der Waals surface area contributed by atoms with Crippen molar-refractivity contribution in [2.75, 3.05) is 18.7 Å². The highest BCUT2D eigenvalue weighted by Crippen LogP contribution is 2.30. The molecule has 0 aliphatic rings. The molecule has 5 heteroatoms. The van der Waals surface area contributed by atoms with Crippen molar-refractivity contribution in [3.8, 4) is 17.0 Å². The number of aryl methyl sites for hydroxylation is 1. The molecule has 2 rings (SSSR count). The number of hydrogen-bond donors (Lipinski definition) is 2. The zero-order valence-corrected chi connectivity index (χ0v) is 9.27. The van der Waals surface area contributed by atoms with Gasteiger partial charge in [-0.3, -0.25) is 0 Å². The maximum absolute atomic E-state index is 5.60. The first-order valence-corrected chi connectivity index (χ1v) is 4.86. The molecular formula is C11H14N4O. The van der Waals surface area contributed by atoms with E-state index in [4.69, 9.17) is 16.3 Å². The minimum atomic E-state index is 0.276. The summed E-state index contributed by atoms with van der Waals surface area (Å²) in [6, 6.07) is 5.86. The summed E-state index contributed by atoms with van der Waals surface area (Å²) in [4.78, 5) is 4.17. The van der Waals surface area contributed by atoms with Gasteiger partial charge >= 0.3 is 0 Å². The van der Waals surface area contributed by atoms with Crippen molar-refractivity contribution in [3.63, 3.8) is 0 Å². The average molecular weight is 218 g/mol. The number of nitrogen functional groups attached to an aromatic ring is 2. The van der Waals surface area contributed by atoms with Crippen LogP contribution in [0, 0.1) is 6.92 Å². The number of nitrogens with zero attached hydrogens (tertiary/aromatic N) is 2. The van der Waals surface area contributed by atoms with Crippen LogP contribution in [0.5, 0.6) is 5.75 Å². The molecule has 0 atom stereocenters. The minimum absolute atomic E-state index is 0.276. The van der Waals surface area contributed by atoms with Gasteiger partial charge in [0.05, 0.1) is 19.0 Å². The van der Waals surface area contributed by atoms with Crippen LogP contribution in [0.4, 0.5) is 5.95 Å². The number of methoxy groups -OCH3 is 1. The topological polar surface area (TPSA) is 79.1 Å². The van der Waals surface area contributed by atoms with E-state index >= 15 is 0 Å². The Morgan fingerprint density at radius 2 is 2.12 bits per heavy atom. The van der Waals surface area contributed by atoms with Gasteiger partial charge in [0.15, 0.2) is 0 Å². The van der Waals surface area contributed by atoms with Crippen molar-refractivity contribution in [3.05, 3.63) is 30.0 Å². The standard InChI is InChI=1S/C11H14N4O/c1-7-3-4-10(16-2)8(5-7)9-6-15(13)11(12)14-9/h3-6H,13H2,1-2H3,(H2,12,14). The van der Waals surface area contributed by atoms with Gasteiger partial charge in [0, 0.05) is 5.56 Å². The second-order valence-corrected chi connectivity index (χ2v) is 3.60.